The van der Waals surface area contributed by atoms with Crippen molar-refractivity contribution in [3.63, 3.8) is 0 Å². The predicted octanol–water partition coefficient (Wildman–Crippen LogP) is 4.15. The van der Waals surface area contributed by atoms with Gasteiger partial charge in [-0.3, -0.25) is 4.79 Å². The minimum atomic E-state index is -0.289. The van der Waals surface area contributed by atoms with Crippen molar-refractivity contribution in [2.24, 2.45) is 5.92 Å². The second kappa shape index (κ2) is 8.61. The number of anilines is 2. The van der Waals surface area contributed by atoms with Crippen LogP contribution in [0, 0.1) is 17.6 Å². The molecular weight excluding hydrogens is 408 g/mol. The predicted molar refractivity (Wildman–Crippen MR) is 122 cm³/mol. The lowest BCUT2D eigenvalue weighted by atomic mass is 9.83. The molecule has 1 fully saturated rings. The first-order valence-corrected chi connectivity index (χ1v) is 11.0. The molecule has 2 heterocycles. The fourth-order valence-corrected chi connectivity index (χ4v) is 4.87. The zero-order valence-electron chi connectivity index (χ0n) is 17.7. The highest BCUT2D eigenvalue weighted by molar-refractivity contribution is 5.82. The van der Waals surface area contributed by atoms with Gasteiger partial charge in [0.1, 0.15) is 11.6 Å². The van der Waals surface area contributed by atoms with Gasteiger partial charge in [-0.15, -0.1) is 0 Å². The quantitative estimate of drug-likeness (QED) is 0.672. The van der Waals surface area contributed by atoms with Crippen LogP contribution in [0.2, 0.25) is 0 Å². The van der Waals surface area contributed by atoms with Crippen LogP contribution in [-0.2, 0) is 17.8 Å². The van der Waals surface area contributed by atoms with Crippen molar-refractivity contribution < 1.29 is 13.6 Å². The third-order valence-corrected chi connectivity index (χ3v) is 6.53. The molecule has 1 saturated heterocycles. The Morgan fingerprint density at radius 2 is 1.59 bits per heavy atom. The number of nitrogens with one attached hydrogen (secondary N) is 1. The monoisotopic (exact) mass is 433 g/mol. The fraction of sp³-hybridized carbons (Fsp3) is 0.269. The van der Waals surface area contributed by atoms with Gasteiger partial charge in [0.2, 0.25) is 5.91 Å². The second-order valence-corrected chi connectivity index (χ2v) is 8.47. The van der Waals surface area contributed by atoms with Crippen LogP contribution in [0.3, 0.4) is 0 Å². The SMILES string of the molecule is O=C(NCc1ccc(F)cc1)[C@H]1Cc2ccccc2N2CCN(c3ccc(F)cc3)C[C@H]12. The van der Waals surface area contributed by atoms with Crippen molar-refractivity contribution in [3.8, 4) is 0 Å². The molecule has 1 N–H and O–H groups in total. The molecule has 164 valence electrons. The molecule has 1 amide bonds. The molecule has 2 atom stereocenters. The van der Waals surface area contributed by atoms with Crippen molar-refractivity contribution in [2.75, 3.05) is 29.4 Å². The number of amides is 1. The van der Waals surface area contributed by atoms with Crippen molar-refractivity contribution in [2.45, 2.75) is 19.0 Å². The molecule has 5 rings (SSSR count). The zero-order chi connectivity index (χ0) is 22.1. The molecule has 3 aromatic carbocycles. The Hall–Kier alpha value is -3.41. The normalized spacial score (nSPS) is 19.8. The molecule has 0 bridgehead atoms. The maximum absolute atomic E-state index is 13.4. The maximum Gasteiger partial charge on any atom is 0.225 e. The van der Waals surface area contributed by atoms with Gasteiger partial charge in [-0.05, 0) is 60.0 Å². The number of carbonyl (C=O) groups excluding carboxylic acids is 1. The Balaban J connectivity index is 1.38. The van der Waals surface area contributed by atoms with Gasteiger partial charge >= 0.3 is 0 Å². The molecule has 32 heavy (non-hydrogen) atoms. The number of para-hydroxylation sites is 1. The van der Waals surface area contributed by atoms with Crippen LogP contribution < -0.4 is 15.1 Å². The van der Waals surface area contributed by atoms with Gasteiger partial charge < -0.3 is 15.1 Å². The lowest BCUT2D eigenvalue weighted by Crippen LogP contribution is -2.61. The molecule has 0 spiro atoms. The van der Waals surface area contributed by atoms with Crippen molar-refractivity contribution >= 4 is 17.3 Å². The standard InChI is InChI=1S/C26H25F2N3O/c27-20-7-5-18(6-8-20)16-29-26(32)23-15-19-3-1-2-4-24(19)31-14-13-30(17-25(23)31)22-11-9-21(28)10-12-22/h1-12,23,25H,13-17H2,(H,29,32)/t23-,25+/m0/s1. The Morgan fingerprint density at radius 1 is 0.906 bits per heavy atom. The van der Waals surface area contributed by atoms with Gasteiger partial charge in [-0.2, -0.15) is 0 Å². The van der Waals surface area contributed by atoms with E-state index in [9.17, 15) is 13.6 Å². The Morgan fingerprint density at radius 3 is 2.34 bits per heavy atom. The smallest absolute Gasteiger partial charge is 0.225 e. The number of piperazine rings is 1. The van der Waals surface area contributed by atoms with E-state index in [2.05, 4.69) is 27.2 Å². The number of fused-ring (bicyclic) bond motifs is 3. The van der Waals surface area contributed by atoms with Crippen LogP contribution in [0.5, 0.6) is 0 Å². The Kier molecular flexibility index (Phi) is 5.52. The lowest BCUT2D eigenvalue weighted by Gasteiger charge is -2.49. The second-order valence-electron chi connectivity index (χ2n) is 8.47. The summed E-state index contributed by atoms with van der Waals surface area (Å²) in [6.45, 7) is 2.65. The van der Waals surface area contributed by atoms with E-state index in [1.54, 1.807) is 24.3 Å². The van der Waals surface area contributed by atoms with Crippen molar-refractivity contribution in [3.05, 3.63) is 95.6 Å². The summed E-state index contributed by atoms with van der Waals surface area (Å²) in [5.74, 6) is -0.756. The third-order valence-electron chi connectivity index (χ3n) is 6.53. The highest BCUT2D eigenvalue weighted by atomic mass is 19.1. The van der Waals surface area contributed by atoms with E-state index in [0.29, 0.717) is 19.5 Å². The number of carbonyl (C=O) groups is 1. The largest absolute Gasteiger partial charge is 0.368 e. The van der Waals surface area contributed by atoms with E-state index in [1.165, 1.54) is 35.5 Å². The number of rotatable bonds is 4. The van der Waals surface area contributed by atoms with Crippen LogP contribution >= 0.6 is 0 Å². The van der Waals surface area contributed by atoms with Gasteiger partial charge in [0.15, 0.2) is 0 Å². The summed E-state index contributed by atoms with van der Waals surface area (Å²) in [5.41, 5.74) is 4.21. The third kappa shape index (κ3) is 4.05. The van der Waals surface area contributed by atoms with Crippen LogP contribution in [0.1, 0.15) is 11.1 Å². The first-order chi connectivity index (χ1) is 15.6. The molecule has 2 aliphatic rings. The summed E-state index contributed by atoms with van der Waals surface area (Å²) in [7, 11) is 0. The minimum absolute atomic E-state index is 0.000200. The number of benzene rings is 3. The number of hydrogen-bond donors (Lipinski definition) is 1. The Bertz CT molecular complexity index is 1100. The molecule has 0 unspecified atom stereocenters. The van der Waals surface area contributed by atoms with Gasteiger partial charge in [-0.1, -0.05) is 30.3 Å². The first-order valence-electron chi connectivity index (χ1n) is 11.0. The van der Waals surface area contributed by atoms with E-state index >= 15 is 0 Å². The topological polar surface area (TPSA) is 35.6 Å². The summed E-state index contributed by atoms with van der Waals surface area (Å²) < 4.78 is 26.6. The molecule has 0 aliphatic carbocycles. The van der Waals surface area contributed by atoms with Crippen LogP contribution in [0.25, 0.3) is 0 Å². The van der Waals surface area contributed by atoms with Gasteiger partial charge in [0, 0.05) is 37.6 Å². The summed E-state index contributed by atoms with van der Waals surface area (Å²) >= 11 is 0. The molecule has 4 nitrogen and oxygen atoms in total. The molecule has 2 aliphatic heterocycles. The molecule has 0 radical (unpaired) electrons. The van der Waals surface area contributed by atoms with Gasteiger partial charge in [-0.25, -0.2) is 8.78 Å². The highest BCUT2D eigenvalue weighted by Crippen LogP contribution is 2.37. The van der Waals surface area contributed by atoms with Crippen molar-refractivity contribution in [1.82, 2.24) is 5.32 Å². The van der Waals surface area contributed by atoms with Crippen molar-refractivity contribution in [1.29, 1.82) is 0 Å². The minimum Gasteiger partial charge on any atom is -0.368 e. The van der Waals surface area contributed by atoms with Gasteiger partial charge in [0.25, 0.3) is 0 Å². The van der Waals surface area contributed by atoms with E-state index in [4.69, 9.17) is 0 Å². The summed E-state index contributed by atoms with van der Waals surface area (Å²) in [6.07, 6.45) is 0.670. The molecule has 0 aromatic heterocycles. The zero-order valence-corrected chi connectivity index (χ0v) is 17.7. The molecular formula is C26H25F2N3O. The van der Waals surface area contributed by atoms with Gasteiger partial charge in [0.05, 0.1) is 12.0 Å². The fourth-order valence-electron chi connectivity index (χ4n) is 4.87. The number of hydrogen-bond acceptors (Lipinski definition) is 3. The average Bonchev–Trinajstić information content (AvgIpc) is 2.83. The summed E-state index contributed by atoms with van der Waals surface area (Å²) in [6, 6.07) is 21.0. The molecule has 0 saturated carbocycles. The first kappa shape index (κ1) is 20.5. The summed E-state index contributed by atoms with van der Waals surface area (Å²) in [5, 5.41) is 3.06. The summed E-state index contributed by atoms with van der Waals surface area (Å²) in [4.78, 5) is 17.9. The van der Waals surface area contributed by atoms with E-state index in [0.717, 1.165) is 24.3 Å². The molecule has 6 heteroatoms. The highest BCUT2D eigenvalue weighted by Gasteiger charge is 2.41. The number of halogens is 2. The molecule has 3 aromatic rings. The van der Waals surface area contributed by atoms with Crippen LogP contribution in [0.15, 0.2) is 72.8 Å². The van der Waals surface area contributed by atoms with E-state index < -0.39 is 0 Å². The number of nitrogens with zero attached hydrogens (tertiary/aromatic N) is 2. The maximum atomic E-state index is 13.4. The van der Waals surface area contributed by atoms with Crippen LogP contribution in [-0.4, -0.2) is 31.6 Å². The van der Waals surface area contributed by atoms with Crippen LogP contribution in [0.4, 0.5) is 20.2 Å². The average molecular weight is 434 g/mol. The van der Waals surface area contributed by atoms with E-state index in [-0.39, 0.29) is 29.5 Å². The van der Waals surface area contributed by atoms with E-state index in [1.807, 2.05) is 12.1 Å². The lowest BCUT2D eigenvalue weighted by molar-refractivity contribution is -0.126. The Labute approximate surface area is 186 Å².